The van der Waals surface area contributed by atoms with Crippen molar-refractivity contribution in [3.63, 3.8) is 0 Å². The molecule has 0 atom stereocenters. The molecule has 0 saturated heterocycles. The third-order valence-corrected chi connectivity index (χ3v) is 2.68. The first kappa shape index (κ1) is 13.7. The van der Waals surface area contributed by atoms with Crippen LogP contribution in [0.25, 0.3) is 0 Å². The minimum absolute atomic E-state index is 0.158. The van der Waals surface area contributed by atoms with Gasteiger partial charge in [-0.3, -0.25) is 9.59 Å². The third kappa shape index (κ3) is 2.80. The SMILES string of the molecule is COc1cccc(OC)c1NC(=O)c1cccc(=O)[nH]1. The van der Waals surface area contributed by atoms with Crippen LogP contribution in [0, 0.1) is 0 Å². The molecule has 0 radical (unpaired) electrons. The number of methoxy groups -OCH3 is 2. The van der Waals surface area contributed by atoms with Gasteiger partial charge in [-0.25, -0.2) is 0 Å². The minimum atomic E-state index is -0.453. The molecule has 0 aliphatic heterocycles. The summed E-state index contributed by atoms with van der Waals surface area (Å²) in [5, 5.41) is 2.67. The summed E-state index contributed by atoms with van der Waals surface area (Å²) < 4.78 is 10.4. The Balaban J connectivity index is 2.34. The number of rotatable bonds is 4. The molecule has 0 spiro atoms. The number of hydrogen-bond donors (Lipinski definition) is 2. The van der Waals surface area contributed by atoms with Gasteiger partial charge in [0.2, 0.25) is 5.56 Å². The van der Waals surface area contributed by atoms with Gasteiger partial charge in [-0.15, -0.1) is 0 Å². The smallest absolute Gasteiger partial charge is 0.272 e. The molecular formula is C14H14N2O4. The Morgan fingerprint density at radius 1 is 1.05 bits per heavy atom. The Morgan fingerprint density at radius 2 is 1.65 bits per heavy atom. The molecule has 0 unspecified atom stereocenters. The van der Waals surface area contributed by atoms with Crippen molar-refractivity contribution in [3.05, 3.63) is 52.4 Å². The second-order valence-electron chi connectivity index (χ2n) is 3.92. The number of carbonyl (C=O) groups excluding carboxylic acids is 1. The third-order valence-electron chi connectivity index (χ3n) is 2.68. The standard InChI is InChI=1S/C14H14N2O4/c1-19-10-6-4-7-11(20-2)13(10)16-14(18)9-5-3-8-12(17)15-9/h3-8H,1-2H3,(H,15,17)(H,16,18). The molecule has 0 aliphatic rings. The second-order valence-corrected chi connectivity index (χ2v) is 3.92. The highest BCUT2D eigenvalue weighted by Crippen LogP contribution is 2.34. The van der Waals surface area contributed by atoms with Gasteiger partial charge < -0.3 is 19.8 Å². The quantitative estimate of drug-likeness (QED) is 0.888. The monoisotopic (exact) mass is 274 g/mol. The van der Waals surface area contributed by atoms with Gasteiger partial charge in [0.15, 0.2) is 0 Å². The summed E-state index contributed by atoms with van der Waals surface area (Å²) in [5.41, 5.74) is 0.224. The van der Waals surface area contributed by atoms with Crippen LogP contribution in [-0.2, 0) is 0 Å². The second kappa shape index (κ2) is 5.92. The van der Waals surface area contributed by atoms with Crippen molar-refractivity contribution in [1.82, 2.24) is 4.98 Å². The largest absolute Gasteiger partial charge is 0.494 e. The van der Waals surface area contributed by atoms with Crippen LogP contribution in [0.15, 0.2) is 41.2 Å². The maximum atomic E-state index is 12.1. The number of para-hydroxylation sites is 1. The van der Waals surface area contributed by atoms with Gasteiger partial charge in [-0.1, -0.05) is 12.1 Å². The van der Waals surface area contributed by atoms with E-state index in [9.17, 15) is 9.59 Å². The zero-order valence-electron chi connectivity index (χ0n) is 11.1. The molecule has 1 aromatic heterocycles. The maximum absolute atomic E-state index is 12.1. The van der Waals surface area contributed by atoms with Crippen molar-refractivity contribution in [3.8, 4) is 11.5 Å². The van der Waals surface area contributed by atoms with E-state index in [1.807, 2.05) is 0 Å². The molecule has 6 nitrogen and oxygen atoms in total. The summed E-state index contributed by atoms with van der Waals surface area (Å²) in [6.45, 7) is 0. The maximum Gasteiger partial charge on any atom is 0.272 e. The summed E-state index contributed by atoms with van der Waals surface area (Å²) in [6, 6.07) is 9.50. The van der Waals surface area contributed by atoms with Crippen molar-refractivity contribution in [2.24, 2.45) is 0 Å². The van der Waals surface area contributed by atoms with Gasteiger partial charge in [0, 0.05) is 6.07 Å². The summed E-state index contributed by atoms with van der Waals surface area (Å²) in [6.07, 6.45) is 0. The number of H-pyrrole nitrogens is 1. The molecule has 0 fully saturated rings. The lowest BCUT2D eigenvalue weighted by molar-refractivity contribution is 0.102. The van der Waals surface area contributed by atoms with E-state index in [1.165, 1.54) is 32.4 Å². The lowest BCUT2D eigenvalue weighted by atomic mass is 10.2. The topological polar surface area (TPSA) is 80.4 Å². The Bertz CT molecular complexity index is 657. The number of anilines is 1. The average molecular weight is 274 g/mol. The van der Waals surface area contributed by atoms with Crippen LogP contribution in [0.4, 0.5) is 5.69 Å². The van der Waals surface area contributed by atoms with Crippen LogP contribution >= 0.6 is 0 Å². The zero-order valence-corrected chi connectivity index (χ0v) is 11.1. The molecule has 1 amide bonds. The molecule has 6 heteroatoms. The van der Waals surface area contributed by atoms with E-state index in [-0.39, 0.29) is 11.3 Å². The van der Waals surface area contributed by atoms with Crippen molar-refractivity contribution in [2.45, 2.75) is 0 Å². The van der Waals surface area contributed by atoms with Gasteiger partial charge in [0.1, 0.15) is 22.9 Å². The summed E-state index contributed by atoms with van der Waals surface area (Å²) in [4.78, 5) is 25.8. The highest BCUT2D eigenvalue weighted by Gasteiger charge is 2.14. The number of amides is 1. The summed E-state index contributed by atoms with van der Waals surface area (Å²) in [7, 11) is 2.99. The number of benzene rings is 1. The molecule has 2 rings (SSSR count). The highest BCUT2D eigenvalue weighted by atomic mass is 16.5. The predicted octanol–water partition coefficient (Wildman–Crippen LogP) is 1.64. The summed E-state index contributed by atoms with van der Waals surface area (Å²) in [5.74, 6) is 0.484. The van der Waals surface area contributed by atoms with Crippen LogP contribution in [-0.4, -0.2) is 25.1 Å². The molecule has 20 heavy (non-hydrogen) atoms. The van der Waals surface area contributed by atoms with Crippen molar-refractivity contribution < 1.29 is 14.3 Å². The van der Waals surface area contributed by atoms with Crippen LogP contribution in [0.3, 0.4) is 0 Å². The number of aromatic amines is 1. The molecule has 2 aromatic rings. The molecule has 0 aliphatic carbocycles. The highest BCUT2D eigenvalue weighted by molar-refractivity contribution is 6.04. The van der Waals surface area contributed by atoms with Gasteiger partial charge in [-0.2, -0.15) is 0 Å². The number of pyridine rings is 1. The molecule has 0 bridgehead atoms. The summed E-state index contributed by atoms with van der Waals surface area (Å²) >= 11 is 0. The van der Waals surface area contributed by atoms with Crippen LogP contribution < -0.4 is 20.3 Å². The van der Waals surface area contributed by atoms with Crippen LogP contribution in [0.1, 0.15) is 10.5 Å². The Kier molecular flexibility index (Phi) is 4.05. The van der Waals surface area contributed by atoms with Gasteiger partial charge in [0.25, 0.3) is 5.91 Å². The first-order valence-corrected chi connectivity index (χ1v) is 5.87. The van der Waals surface area contributed by atoms with E-state index in [1.54, 1.807) is 18.2 Å². The lowest BCUT2D eigenvalue weighted by Gasteiger charge is -2.13. The van der Waals surface area contributed by atoms with Crippen molar-refractivity contribution in [2.75, 3.05) is 19.5 Å². The molecule has 2 N–H and O–H groups in total. The Morgan fingerprint density at radius 3 is 2.20 bits per heavy atom. The molecule has 1 heterocycles. The predicted molar refractivity (Wildman–Crippen MR) is 74.6 cm³/mol. The molecule has 1 aromatic carbocycles. The van der Waals surface area contributed by atoms with Gasteiger partial charge >= 0.3 is 0 Å². The van der Waals surface area contributed by atoms with Gasteiger partial charge in [0.05, 0.1) is 14.2 Å². The van der Waals surface area contributed by atoms with Crippen molar-refractivity contribution in [1.29, 1.82) is 0 Å². The van der Waals surface area contributed by atoms with E-state index in [0.717, 1.165) is 0 Å². The first-order valence-electron chi connectivity index (χ1n) is 5.87. The first-order chi connectivity index (χ1) is 9.65. The molecule has 0 saturated carbocycles. The van der Waals surface area contributed by atoms with Gasteiger partial charge in [-0.05, 0) is 18.2 Å². The van der Waals surface area contributed by atoms with E-state index >= 15 is 0 Å². The number of ether oxygens (including phenoxy) is 2. The Hall–Kier alpha value is -2.76. The Labute approximate surface area is 115 Å². The zero-order chi connectivity index (χ0) is 14.5. The lowest BCUT2D eigenvalue weighted by Crippen LogP contribution is -2.18. The number of aromatic nitrogens is 1. The minimum Gasteiger partial charge on any atom is -0.494 e. The van der Waals surface area contributed by atoms with Crippen LogP contribution in [0.5, 0.6) is 11.5 Å². The average Bonchev–Trinajstić information content (AvgIpc) is 2.47. The normalized spacial score (nSPS) is 9.90. The number of carbonyl (C=O) groups is 1. The van der Waals surface area contributed by atoms with E-state index in [0.29, 0.717) is 17.2 Å². The fourth-order valence-corrected chi connectivity index (χ4v) is 1.74. The van der Waals surface area contributed by atoms with Crippen molar-refractivity contribution >= 4 is 11.6 Å². The number of hydrogen-bond acceptors (Lipinski definition) is 4. The fraction of sp³-hybridized carbons (Fsp3) is 0.143. The van der Waals surface area contributed by atoms with Crippen LogP contribution in [0.2, 0.25) is 0 Å². The fourth-order valence-electron chi connectivity index (χ4n) is 1.74. The van der Waals surface area contributed by atoms with E-state index in [4.69, 9.17) is 9.47 Å². The van der Waals surface area contributed by atoms with E-state index in [2.05, 4.69) is 10.3 Å². The molecular weight excluding hydrogens is 260 g/mol. The number of nitrogens with one attached hydrogen (secondary N) is 2. The molecule has 104 valence electrons. The van der Waals surface area contributed by atoms with E-state index < -0.39 is 5.91 Å².